The van der Waals surface area contributed by atoms with Crippen molar-refractivity contribution in [3.8, 4) is 0 Å². The van der Waals surface area contributed by atoms with Crippen LogP contribution in [0.2, 0.25) is 0 Å². The van der Waals surface area contributed by atoms with Crippen LogP contribution in [0.15, 0.2) is 85.1 Å². The average molecular weight is 810 g/mol. The van der Waals surface area contributed by atoms with Gasteiger partial charge in [0.2, 0.25) is 0 Å². The first-order valence-electron chi connectivity index (χ1n) is 20.4. The number of rotatable bonds is 36. The number of ether oxygens (including phenoxy) is 2. The van der Waals surface area contributed by atoms with Crippen molar-refractivity contribution in [3.63, 3.8) is 0 Å². The highest BCUT2D eigenvalue weighted by molar-refractivity contribution is 7.47. The lowest BCUT2D eigenvalue weighted by Crippen LogP contribution is -2.30. The zero-order valence-electron chi connectivity index (χ0n) is 33.9. The van der Waals surface area contributed by atoms with E-state index in [1.807, 2.05) is 19.1 Å². The number of unbranched alkanes of at least 4 members (excludes halogenated alkanes) is 8. The number of nitrogens with two attached hydrogens (primary N) is 1. The Morgan fingerprint density at radius 2 is 1.32 bits per heavy atom. The number of hydrogen-bond acceptors (Lipinski definition) is 11. The van der Waals surface area contributed by atoms with Gasteiger partial charge in [-0.3, -0.25) is 18.6 Å². The zero-order chi connectivity index (χ0) is 41.5. The number of allylic oxidation sites excluding steroid dienone is 11. The van der Waals surface area contributed by atoms with Gasteiger partial charge in [0.25, 0.3) is 0 Å². The summed E-state index contributed by atoms with van der Waals surface area (Å²) in [4.78, 5) is 34.8. The van der Waals surface area contributed by atoms with Gasteiger partial charge in [0.05, 0.1) is 31.5 Å². The molecule has 13 heteroatoms. The molecule has 320 valence electrons. The lowest BCUT2D eigenvalue weighted by Gasteiger charge is -2.20. The summed E-state index contributed by atoms with van der Waals surface area (Å²) in [6, 6.07) is 0. The molecule has 1 unspecified atom stereocenters. The number of aliphatic hydroxyl groups excluding tert-OH is 3. The monoisotopic (exact) mass is 809 g/mol. The maximum atomic E-state index is 12.6. The van der Waals surface area contributed by atoms with Gasteiger partial charge < -0.3 is 35.4 Å². The molecule has 0 heterocycles. The Morgan fingerprint density at radius 1 is 0.696 bits per heavy atom. The van der Waals surface area contributed by atoms with E-state index in [0.29, 0.717) is 12.8 Å². The second-order valence-electron chi connectivity index (χ2n) is 13.3. The topological polar surface area (TPSA) is 195 Å². The fourth-order valence-corrected chi connectivity index (χ4v) is 5.71. The predicted molar refractivity (Wildman–Crippen MR) is 223 cm³/mol. The Bertz CT molecular complexity index is 1240. The van der Waals surface area contributed by atoms with Gasteiger partial charge in [-0.15, -0.1) is 0 Å². The summed E-state index contributed by atoms with van der Waals surface area (Å²) < 4.78 is 32.5. The molecule has 0 saturated heterocycles. The van der Waals surface area contributed by atoms with Crippen LogP contribution in [-0.4, -0.2) is 82.9 Å². The van der Waals surface area contributed by atoms with E-state index in [0.717, 1.165) is 51.4 Å². The molecule has 0 radical (unpaired) electrons. The minimum Gasteiger partial charge on any atom is -0.462 e. The third-order valence-corrected chi connectivity index (χ3v) is 9.09. The largest absolute Gasteiger partial charge is 0.472 e. The van der Waals surface area contributed by atoms with Crippen LogP contribution in [0, 0.1) is 0 Å². The van der Waals surface area contributed by atoms with Crippen LogP contribution in [0.25, 0.3) is 0 Å². The standard InChI is InChI=1S/C43H72NO11P/c1-3-5-7-8-9-10-11-12-13-14-15-16-17-22-26-32-43(49)55-39(37-54-56(50,51)53-35-34-44)36-52-42(48)33-27-31-41(47)40(46)30-25-21-19-18-20-24-29-38(45)28-23-6-4-2/h6,9-10,12-13,18-21,23-25,29-30,38-41,45-47H,3-5,7-8,11,14-17,22,26-28,31-37,44H2,1-2H3,(H,50,51)/b10-9-,13-12-,20-18+,21-19-,23-6-,29-24+,30-25-/t38-,39-,40+,41+/m1/s1. The molecule has 6 N–H and O–H groups in total. The number of carbonyl (C=O) groups excluding carboxylic acids is 2. The van der Waals surface area contributed by atoms with Crippen molar-refractivity contribution in [2.24, 2.45) is 5.73 Å². The van der Waals surface area contributed by atoms with Crippen molar-refractivity contribution in [1.29, 1.82) is 0 Å². The SMILES string of the molecule is CC/C=C\C[C@@H](O)/C=C/C=C/C=C\C=C/[C@H](O)[C@@H](O)CCCC(=O)OC[C@H](COP(=O)(O)OCCN)OC(=O)CCCCCCC/C=C\C/C=C\CCCCC. The Kier molecular flexibility index (Phi) is 35.7. The van der Waals surface area contributed by atoms with Crippen LogP contribution in [0.3, 0.4) is 0 Å². The molecular weight excluding hydrogens is 737 g/mol. The third-order valence-electron chi connectivity index (χ3n) is 8.11. The highest BCUT2D eigenvalue weighted by Crippen LogP contribution is 2.43. The van der Waals surface area contributed by atoms with Gasteiger partial charge in [-0.25, -0.2) is 4.57 Å². The number of phosphoric ester groups is 1. The average Bonchev–Trinajstić information content (AvgIpc) is 3.17. The summed E-state index contributed by atoms with van der Waals surface area (Å²) in [7, 11) is -4.47. The summed E-state index contributed by atoms with van der Waals surface area (Å²) in [5, 5.41) is 30.3. The van der Waals surface area contributed by atoms with E-state index in [2.05, 4.69) is 31.2 Å². The number of aliphatic hydroxyl groups is 3. The molecule has 0 aromatic rings. The van der Waals surface area contributed by atoms with E-state index >= 15 is 0 Å². The zero-order valence-corrected chi connectivity index (χ0v) is 34.8. The van der Waals surface area contributed by atoms with Gasteiger partial charge in [0, 0.05) is 19.4 Å². The first kappa shape index (κ1) is 53.1. The molecule has 5 atom stereocenters. The molecule has 12 nitrogen and oxygen atoms in total. The number of carbonyl (C=O) groups is 2. The van der Waals surface area contributed by atoms with Crippen LogP contribution < -0.4 is 5.73 Å². The van der Waals surface area contributed by atoms with Crippen LogP contribution in [0.4, 0.5) is 0 Å². The van der Waals surface area contributed by atoms with Crippen molar-refractivity contribution in [3.05, 3.63) is 85.1 Å². The lowest BCUT2D eigenvalue weighted by molar-refractivity contribution is -0.161. The molecule has 0 spiro atoms. The van der Waals surface area contributed by atoms with Crippen molar-refractivity contribution >= 4 is 19.8 Å². The number of hydrogen-bond donors (Lipinski definition) is 5. The molecule has 0 aliphatic rings. The van der Waals surface area contributed by atoms with Gasteiger partial charge in [0.1, 0.15) is 6.61 Å². The summed E-state index contributed by atoms with van der Waals surface area (Å²) in [5.74, 6) is -1.19. The maximum absolute atomic E-state index is 12.6. The van der Waals surface area contributed by atoms with Crippen LogP contribution in [-0.2, 0) is 32.7 Å². The Hall–Kier alpha value is -2.93. The van der Waals surface area contributed by atoms with Crippen molar-refractivity contribution in [2.45, 2.75) is 147 Å². The first-order chi connectivity index (χ1) is 27.0. The number of phosphoric acid groups is 1. The molecular formula is C43H72NO11P. The van der Waals surface area contributed by atoms with Crippen molar-refractivity contribution in [1.82, 2.24) is 0 Å². The van der Waals surface area contributed by atoms with Gasteiger partial charge in [0.15, 0.2) is 6.10 Å². The molecule has 56 heavy (non-hydrogen) atoms. The summed E-state index contributed by atoms with van der Waals surface area (Å²) in [6.45, 7) is 3.06. The Labute approximate surface area is 336 Å². The molecule has 0 aromatic carbocycles. The molecule has 0 rings (SSSR count). The van der Waals surface area contributed by atoms with Crippen LogP contribution >= 0.6 is 7.82 Å². The lowest BCUT2D eigenvalue weighted by atomic mass is 10.1. The third kappa shape index (κ3) is 35.5. The smallest absolute Gasteiger partial charge is 0.462 e. The van der Waals surface area contributed by atoms with Crippen molar-refractivity contribution in [2.75, 3.05) is 26.4 Å². The minimum atomic E-state index is -4.47. The molecule has 0 bridgehead atoms. The number of esters is 2. The highest BCUT2D eigenvalue weighted by atomic mass is 31.2. The van der Waals surface area contributed by atoms with E-state index in [1.165, 1.54) is 25.3 Å². The fraction of sp³-hybridized carbons (Fsp3) is 0.628. The second-order valence-corrected chi connectivity index (χ2v) is 14.8. The van der Waals surface area contributed by atoms with Crippen LogP contribution in [0.1, 0.15) is 123 Å². The fourth-order valence-electron chi connectivity index (χ4n) is 4.94. The van der Waals surface area contributed by atoms with Crippen molar-refractivity contribution < 1.29 is 52.9 Å². The highest BCUT2D eigenvalue weighted by Gasteiger charge is 2.26. The summed E-state index contributed by atoms with van der Waals surface area (Å²) >= 11 is 0. The van der Waals surface area contributed by atoms with E-state index < -0.39 is 57.4 Å². The molecule has 0 saturated carbocycles. The quantitative estimate of drug-likeness (QED) is 0.0134. The molecule has 0 amide bonds. The molecule has 0 fully saturated rings. The predicted octanol–water partition coefficient (Wildman–Crippen LogP) is 8.18. The Morgan fingerprint density at radius 3 is 2.00 bits per heavy atom. The molecule has 0 aromatic heterocycles. The van der Waals surface area contributed by atoms with Gasteiger partial charge in [-0.1, -0.05) is 131 Å². The summed E-state index contributed by atoms with van der Waals surface area (Å²) in [5.41, 5.74) is 5.32. The minimum absolute atomic E-state index is 0.00283. The molecule has 0 aliphatic carbocycles. The van der Waals surface area contributed by atoms with Gasteiger partial charge >= 0.3 is 19.8 Å². The van der Waals surface area contributed by atoms with Gasteiger partial charge in [-0.05, 0) is 64.2 Å². The summed E-state index contributed by atoms with van der Waals surface area (Å²) in [6.07, 6.45) is 35.6. The van der Waals surface area contributed by atoms with Gasteiger partial charge in [-0.2, -0.15) is 0 Å². The van der Waals surface area contributed by atoms with E-state index in [9.17, 15) is 34.4 Å². The first-order valence-corrected chi connectivity index (χ1v) is 21.9. The van der Waals surface area contributed by atoms with E-state index in [4.69, 9.17) is 24.3 Å². The normalized spacial score (nSPS) is 15.9. The van der Waals surface area contributed by atoms with E-state index in [-0.39, 0.29) is 38.8 Å². The Balaban J connectivity index is 4.57. The van der Waals surface area contributed by atoms with Crippen LogP contribution in [0.5, 0.6) is 0 Å². The molecule has 0 aliphatic heterocycles. The van der Waals surface area contributed by atoms with E-state index in [1.54, 1.807) is 42.5 Å². The second kappa shape index (κ2) is 37.6. The maximum Gasteiger partial charge on any atom is 0.472 e.